The number of fused-ring (bicyclic) bond motifs is 11. The molecule has 0 bridgehead atoms. The quantitative estimate of drug-likeness (QED) is 0.154. The van der Waals surface area contributed by atoms with Gasteiger partial charge in [-0.25, -0.2) is 0 Å². The van der Waals surface area contributed by atoms with Gasteiger partial charge in [-0.3, -0.25) is 0 Å². The third-order valence-electron chi connectivity index (χ3n) is 10.1. The van der Waals surface area contributed by atoms with E-state index < -0.39 is 0 Å². The van der Waals surface area contributed by atoms with E-state index in [-0.39, 0.29) is 0 Å². The summed E-state index contributed by atoms with van der Waals surface area (Å²) in [6.07, 6.45) is 11.2. The van der Waals surface area contributed by atoms with E-state index in [1.54, 1.807) is 0 Å². The van der Waals surface area contributed by atoms with Gasteiger partial charge in [0.05, 0.1) is 0 Å². The first-order chi connectivity index (χ1) is 20.8. The number of benzene rings is 9. The minimum atomic E-state index is 1.06. The van der Waals surface area contributed by atoms with Gasteiger partial charge in [0.2, 0.25) is 0 Å². The minimum Gasteiger partial charge on any atom is -0.0984 e. The van der Waals surface area contributed by atoms with Gasteiger partial charge in [-0.1, -0.05) is 122 Å². The van der Waals surface area contributed by atoms with E-state index in [9.17, 15) is 0 Å². The Morgan fingerprint density at radius 2 is 0.810 bits per heavy atom. The molecular weight excluding hydrogens is 504 g/mol. The minimum absolute atomic E-state index is 1.06. The maximum atomic E-state index is 4.42. The van der Waals surface area contributed by atoms with Gasteiger partial charge < -0.3 is 0 Å². The molecule has 0 heteroatoms. The Morgan fingerprint density at radius 3 is 1.43 bits per heavy atom. The van der Waals surface area contributed by atoms with E-state index in [4.69, 9.17) is 0 Å². The molecule has 0 fully saturated rings. The van der Waals surface area contributed by atoms with Gasteiger partial charge in [0.15, 0.2) is 0 Å². The first kappa shape index (κ1) is 22.5. The van der Waals surface area contributed by atoms with E-state index in [1.165, 1.54) is 108 Å². The fourth-order valence-corrected chi connectivity index (χ4v) is 8.62. The topological polar surface area (TPSA) is 0 Å². The average molecular weight is 531 g/mol. The summed E-state index contributed by atoms with van der Waals surface area (Å²) < 4.78 is 0. The molecule has 0 radical (unpaired) electrons. The summed E-state index contributed by atoms with van der Waals surface area (Å²) >= 11 is 0. The van der Waals surface area contributed by atoms with Crippen molar-refractivity contribution in [1.82, 2.24) is 0 Å². The summed E-state index contributed by atoms with van der Waals surface area (Å²) in [6.45, 7) is 8.76. The molecule has 0 atom stereocenters. The van der Waals surface area contributed by atoms with E-state index in [0.29, 0.717) is 0 Å². The highest BCUT2D eigenvalue weighted by molar-refractivity contribution is 6.50. The Labute approximate surface area is 242 Å². The maximum Gasteiger partial charge on any atom is -0.0000935 e. The van der Waals surface area contributed by atoms with E-state index >= 15 is 0 Å². The molecule has 0 unspecified atom stereocenters. The zero-order valence-corrected chi connectivity index (χ0v) is 23.2. The molecule has 0 saturated heterocycles. The van der Waals surface area contributed by atoms with Crippen molar-refractivity contribution in [3.05, 3.63) is 120 Å². The average Bonchev–Trinajstić information content (AvgIpc) is 3.06. The number of hydrogen-bond acceptors (Lipinski definition) is 0. The van der Waals surface area contributed by atoms with Crippen molar-refractivity contribution in [3.8, 4) is 0 Å². The van der Waals surface area contributed by atoms with Crippen LogP contribution in [-0.4, -0.2) is 0 Å². The second-order valence-corrected chi connectivity index (χ2v) is 11.8. The lowest BCUT2D eigenvalue weighted by atomic mass is 9.77. The van der Waals surface area contributed by atoms with Gasteiger partial charge in [-0.15, -0.1) is 0 Å². The number of hydrogen-bond donors (Lipinski definition) is 0. The zero-order chi connectivity index (χ0) is 27.7. The van der Waals surface area contributed by atoms with Gasteiger partial charge in [0.25, 0.3) is 0 Å². The van der Waals surface area contributed by atoms with Crippen LogP contribution in [0.3, 0.4) is 0 Å². The monoisotopic (exact) mass is 530 g/mol. The molecule has 9 aromatic rings. The Morgan fingerprint density at radius 1 is 0.357 bits per heavy atom. The van der Waals surface area contributed by atoms with Crippen LogP contribution in [0.25, 0.3) is 110 Å². The summed E-state index contributed by atoms with van der Waals surface area (Å²) in [4.78, 5) is 0. The van der Waals surface area contributed by atoms with Gasteiger partial charge in [0, 0.05) is 0 Å². The molecular formula is C42H26. The molecule has 42 heavy (non-hydrogen) atoms. The van der Waals surface area contributed by atoms with Crippen LogP contribution in [0.1, 0.15) is 24.0 Å². The molecule has 0 amide bonds. The standard InChI is InChI=1S/C42H26/c1-3-23-24(4-2)37-38-32-16-8-5-14-26(32)30-21-12-22-31-27-15-7-10-18-34(27)40(42(38)36(30)31)39-33-17-9-6-13-25(33)29-20-11-19-28(23)35(29)41(37)39/h3-4,6-7,9-22H,1-2,5,8H2. The zero-order valence-electron chi connectivity index (χ0n) is 23.2. The van der Waals surface area contributed by atoms with Gasteiger partial charge in [-0.2, -0.15) is 0 Å². The Bertz CT molecular complexity index is 2810. The molecule has 0 N–H and O–H groups in total. The lowest BCUT2D eigenvalue weighted by molar-refractivity contribution is 1.13. The third-order valence-corrected chi connectivity index (χ3v) is 10.1. The normalized spacial score (nSPS) is 13.6. The maximum absolute atomic E-state index is 4.42. The molecule has 0 heterocycles. The Hall–Kier alpha value is -5.20. The van der Waals surface area contributed by atoms with Crippen LogP contribution < -0.4 is 10.4 Å². The third kappa shape index (κ3) is 2.43. The molecule has 194 valence electrons. The molecule has 0 spiro atoms. The summed E-state index contributed by atoms with van der Waals surface area (Å²) in [5, 5.41) is 24.2. The van der Waals surface area contributed by atoms with Crippen molar-refractivity contribution < 1.29 is 0 Å². The lowest BCUT2D eigenvalue weighted by Crippen LogP contribution is -2.29. The lowest BCUT2D eigenvalue weighted by Gasteiger charge is -2.25. The van der Waals surface area contributed by atoms with Gasteiger partial charge >= 0.3 is 0 Å². The molecule has 0 aromatic heterocycles. The van der Waals surface area contributed by atoms with Crippen LogP contribution in [0.4, 0.5) is 0 Å². The highest BCUT2D eigenvalue weighted by Gasteiger charge is 2.26. The van der Waals surface area contributed by atoms with Crippen molar-refractivity contribution in [2.45, 2.75) is 12.8 Å². The SMILES string of the molecule is C=Cc1c(C=C)c2c3c4c(c5cccc6c7ccccc7c(c7c8ccccc8c8cccc1c8c27)c3c56)=CCCC=4. The Kier molecular flexibility index (Phi) is 4.15. The second kappa shape index (κ2) is 7.75. The van der Waals surface area contributed by atoms with E-state index in [2.05, 4.69) is 116 Å². The molecule has 1 aliphatic rings. The molecule has 0 nitrogen and oxygen atoms in total. The van der Waals surface area contributed by atoms with Crippen molar-refractivity contribution >= 4 is 110 Å². The summed E-state index contributed by atoms with van der Waals surface area (Å²) in [5.74, 6) is 0. The molecule has 1 aliphatic carbocycles. The van der Waals surface area contributed by atoms with Crippen LogP contribution in [0.5, 0.6) is 0 Å². The molecule has 0 saturated carbocycles. The predicted octanol–water partition coefficient (Wildman–Crippen LogP) is 10.4. The summed E-state index contributed by atoms with van der Waals surface area (Å²) in [7, 11) is 0. The van der Waals surface area contributed by atoms with Crippen LogP contribution in [0.15, 0.2) is 98.1 Å². The van der Waals surface area contributed by atoms with E-state index in [1.807, 2.05) is 6.08 Å². The Balaban J connectivity index is 1.79. The van der Waals surface area contributed by atoms with Crippen LogP contribution in [-0.2, 0) is 0 Å². The fraction of sp³-hybridized carbons (Fsp3) is 0.0476. The highest BCUT2D eigenvalue weighted by atomic mass is 14.3. The first-order valence-corrected chi connectivity index (χ1v) is 14.9. The van der Waals surface area contributed by atoms with Crippen LogP contribution in [0, 0.1) is 0 Å². The van der Waals surface area contributed by atoms with Crippen LogP contribution >= 0.6 is 0 Å². The van der Waals surface area contributed by atoms with Crippen molar-refractivity contribution in [2.24, 2.45) is 0 Å². The van der Waals surface area contributed by atoms with Gasteiger partial charge in [-0.05, 0) is 121 Å². The van der Waals surface area contributed by atoms with Crippen molar-refractivity contribution in [1.29, 1.82) is 0 Å². The van der Waals surface area contributed by atoms with Gasteiger partial charge in [0.1, 0.15) is 0 Å². The largest absolute Gasteiger partial charge is 0.0984 e. The van der Waals surface area contributed by atoms with Crippen molar-refractivity contribution in [2.75, 3.05) is 0 Å². The number of rotatable bonds is 2. The van der Waals surface area contributed by atoms with Crippen molar-refractivity contribution in [3.63, 3.8) is 0 Å². The highest BCUT2D eigenvalue weighted by Crippen LogP contribution is 2.52. The summed E-state index contributed by atoms with van der Waals surface area (Å²) in [5.41, 5.74) is 2.36. The summed E-state index contributed by atoms with van der Waals surface area (Å²) in [6, 6.07) is 31.8. The van der Waals surface area contributed by atoms with Crippen LogP contribution in [0.2, 0.25) is 0 Å². The second-order valence-electron chi connectivity index (χ2n) is 11.8. The molecule has 10 rings (SSSR count). The first-order valence-electron chi connectivity index (χ1n) is 14.9. The fourth-order valence-electron chi connectivity index (χ4n) is 8.62. The molecule has 0 aliphatic heterocycles. The molecule has 9 aromatic carbocycles. The smallest absolute Gasteiger partial charge is 0.0000935 e. The predicted molar refractivity (Wildman–Crippen MR) is 186 cm³/mol. The van der Waals surface area contributed by atoms with E-state index in [0.717, 1.165) is 12.8 Å².